The average molecular weight is 509 g/mol. The number of nitrogens with two attached hydrogens (primary N) is 1. The van der Waals surface area contributed by atoms with Crippen LogP contribution >= 0.6 is 0 Å². The number of imidazole rings is 1. The molecule has 0 aliphatic rings. The van der Waals surface area contributed by atoms with Crippen LogP contribution in [0.4, 0.5) is 11.6 Å². The Balaban J connectivity index is 1.67. The largest absolute Gasteiger partial charge is 0.370 e. The van der Waals surface area contributed by atoms with E-state index in [1.165, 1.54) is 0 Å². The lowest BCUT2D eigenvalue weighted by Crippen LogP contribution is -2.41. The molecule has 0 atom stereocenters. The number of fused-ring (bicyclic) bond motifs is 1. The van der Waals surface area contributed by atoms with E-state index in [9.17, 15) is 14.4 Å². The van der Waals surface area contributed by atoms with Crippen LogP contribution in [0, 0.1) is 11.3 Å². The Morgan fingerprint density at radius 1 is 1.05 bits per heavy atom. The molecule has 1 aromatic heterocycles. The van der Waals surface area contributed by atoms with Crippen molar-refractivity contribution in [1.29, 1.82) is 5.26 Å². The Morgan fingerprint density at radius 3 is 2.37 bits per heavy atom. The molecule has 0 saturated heterocycles. The third kappa shape index (κ3) is 5.25. The molecule has 4 rings (SSSR count). The molecule has 0 saturated carbocycles. The van der Waals surface area contributed by atoms with Crippen LogP contribution in [0.25, 0.3) is 11.0 Å². The molecule has 0 fully saturated rings. The summed E-state index contributed by atoms with van der Waals surface area (Å²) in [5.41, 5.74) is 8.17. The second-order valence-electron chi connectivity index (χ2n) is 9.47. The standard InChI is InChI=1S/C29H28N6O3/c1-29(2,21-7-5-4-6-8-21)27(38)34(3)22-13-14-24-23(17-22)32-28(35(24)16-15-25(31)36)33-26(37)20-11-9-19(18-30)10-12-20/h4-14,17H,15-16H2,1-3H3,(H2,31,36)(H,32,33,37). The Kier molecular flexibility index (Phi) is 7.26. The van der Waals surface area contributed by atoms with Crippen molar-refractivity contribution in [2.45, 2.75) is 32.2 Å². The van der Waals surface area contributed by atoms with Gasteiger partial charge in [-0.2, -0.15) is 5.26 Å². The predicted molar refractivity (Wildman–Crippen MR) is 146 cm³/mol. The highest BCUT2D eigenvalue weighted by atomic mass is 16.2. The predicted octanol–water partition coefficient (Wildman–Crippen LogP) is 3.98. The lowest BCUT2D eigenvalue weighted by molar-refractivity contribution is -0.122. The number of aromatic nitrogens is 2. The average Bonchev–Trinajstić information content (AvgIpc) is 3.27. The molecule has 9 heteroatoms. The third-order valence-corrected chi connectivity index (χ3v) is 6.54. The second kappa shape index (κ2) is 10.6. The molecule has 4 aromatic rings. The van der Waals surface area contributed by atoms with Crippen LogP contribution in [-0.4, -0.2) is 34.3 Å². The van der Waals surface area contributed by atoms with Crippen molar-refractivity contribution in [3.8, 4) is 6.07 Å². The number of hydrogen-bond acceptors (Lipinski definition) is 5. The molecule has 0 radical (unpaired) electrons. The summed E-state index contributed by atoms with van der Waals surface area (Å²) in [4.78, 5) is 44.1. The number of nitrogens with one attached hydrogen (secondary N) is 1. The van der Waals surface area contributed by atoms with E-state index >= 15 is 0 Å². The molecular formula is C29H28N6O3. The van der Waals surface area contributed by atoms with E-state index in [0.29, 0.717) is 27.8 Å². The molecule has 3 N–H and O–H groups in total. The number of amides is 3. The van der Waals surface area contributed by atoms with Gasteiger partial charge < -0.3 is 15.2 Å². The van der Waals surface area contributed by atoms with Crippen molar-refractivity contribution in [2.75, 3.05) is 17.3 Å². The van der Waals surface area contributed by atoms with E-state index in [1.54, 1.807) is 59.0 Å². The molecule has 192 valence electrons. The van der Waals surface area contributed by atoms with Gasteiger partial charge in [-0.15, -0.1) is 0 Å². The lowest BCUT2D eigenvalue weighted by atomic mass is 9.83. The fourth-order valence-corrected chi connectivity index (χ4v) is 4.26. The van der Waals surface area contributed by atoms with Crippen LogP contribution in [0.2, 0.25) is 0 Å². The van der Waals surface area contributed by atoms with Crippen molar-refractivity contribution in [3.05, 3.63) is 89.5 Å². The number of hydrogen-bond donors (Lipinski definition) is 2. The molecule has 3 aromatic carbocycles. The van der Waals surface area contributed by atoms with E-state index in [4.69, 9.17) is 11.0 Å². The monoisotopic (exact) mass is 508 g/mol. The fourth-order valence-electron chi connectivity index (χ4n) is 4.26. The number of nitriles is 1. The SMILES string of the molecule is CN(C(=O)C(C)(C)c1ccccc1)c1ccc2c(c1)nc(NC(=O)c1ccc(C#N)cc1)n2CCC(N)=O. The number of aryl methyl sites for hydroxylation is 1. The number of nitrogens with zero attached hydrogens (tertiary/aromatic N) is 4. The van der Waals surface area contributed by atoms with Gasteiger partial charge in [0.25, 0.3) is 5.91 Å². The number of benzene rings is 3. The van der Waals surface area contributed by atoms with Gasteiger partial charge in [0.1, 0.15) is 0 Å². The molecule has 1 heterocycles. The summed E-state index contributed by atoms with van der Waals surface area (Å²) in [5, 5.41) is 11.8. The van der Waals surface area contributed by atoms with E-state index in [0.717, 1.165) is 5.56 Å². The number of likely N-dealkylation sites (N-methyl/N-ethyl adjacent to an activating group) is 1. The summed E-state index contributed by atoms with van der Waals surface area (Å²) >= 11 is 0. The quantitative estimate of drug-likeness (QED) is 0.371. The molecule has 0 spiro atoms. The van der Waals surface area contributed by atoms with Gasteiger partial charge in [-0.05, 0) is 61.9 Å². The van der Waals surface area contributed by atoms with E-state index in [1.807, 2.05) is 50.2 Å². The fraction of sp³-hybridized carbons (Fsp3) is 0.207. The number of primary amides is 1. The maximum Gasteiger partial charge on any atom is 0.257 e. The van der Waals surface area contributed by atoms with Crippen LogP contribution < -0.4 is 16.0 Å². The molecule has 0 unspecified atom stereocenters. The van der Waals surface area contributed by atoms with Crippen LogP contribution in [0.5, 0.6) is 0 Å². The van der Waals surface area contributed by atoms with Crippen molar-refractivity contribution in [3.63, 3.8) is 0 Å². The molecule has 0 aliphatic carbocycles. The van der Waals surface area contributed by atoms with Gasteiger partial charge in [-0.3, -0.25) is 19.7 Å². The zero-order valence-corrected chi connectivity index (χ0v) is 21.4. The van der Waals surface area contributed by atoms with Crippen LogP contribution in [-0.2, 0) is 21.5 Å². The minimum Gasteiger partial charge on any atom is -0.370 e. The van der Waals surface area contributed by atoms with Gasteiger partial charge >= 0.3 is 0 Å². The number of anilines is 2. The Hall–Kier alpha value is -4.97. The minimum absolute atomic E-state index is 0.0522. The minimum atomic E-state index is -0.758. The molecule has 38 heavy (non-hydrogen) atoms. The first-order valence-corrected chi connectivity index (χ1v) is 12.1. The van der Waals surface area contributed by atoms with Gasteiger partial charge in [-0.1, -0.05) is 30.3 Å². The van der Waals surface area contributed by atoms with Gasteiger partial charge in [0, 0.05) is 31.3 Å². The van der Waals surface area contributed by atoms with Crippen LogP contribution in [0.3, 0.4) is 0 Å². The summed E-state index contributed by atoms with van der Waals surface area (Å²) in [6.07, 6.45) is 0.0522. The van der Waals surface area contributed by atoms with Gasteiger partial charge in [0.15, 0.2) is 0 Å². The first-order valence-electron chi connectivity index (χ1n) is 12.1. The van der Waals surface area contributed by atoms with Gasteiger partial charge in [0.05, 0.1) is 28.1 Å². The smallest absolute Gasteiger partial charge is 0.257 e. The van der Waals surface area contributed by atoms with E-state index in [2.05, 4.69) is 10.3 Å². The first-order chi connectivity index (χ1) is 18.1. The summed E-state index contributed by atoms with van der Waals surface area (Å²) in [5.74, 6) is -0.750. The van der Waals surface area contributed by atoms with Crippen molar-refractivity contribution in [2.24, 2.45) is 5.73 Å². The summed E-state index contributed by atoms with van der Waals surface area (Å²) < 4.78 is 1.71. The highest BCUT2D eigenvalue weighted by Crippen LogP contribution is 2.30. The molecular weight excluding hydrogens is 480 g/mol. The Labute approximate surface area is 220 Å². The number of rotatable bonds is 8. The van der Waals surface area contributed by atoms with E-state index in [-0.39, 0.29) is 24.8 Å². The number of carbonyl (C=O) groups is 3. The first kappa shape index (κ1) is 26.1. The zero-order valence-electron chi connectivity index (χ0n) is 21.4. The second-order valence-corrected chi connectivity index (χ2v) is 9.47. The Morgan fingerprint density at radius 2 is 1.74 bits per heavy atom. The maximum absolute atomic E-state index is 13.5. The van der Waals surface area contributed by atoms with Gasteiger partial charge in [0.2, 0.25) is 17.8 Å². The van der Waals surface area contributed by atoms with Crippen LogP contribution in [0.15, 0.2) is 72.8 Å². The molecule has 0 aliphatic heterocycles. The van der Waals surface area contributed by atoms with Crippen molar-refractivity contribution < 1.29 is 14.4 Å². The molecule has 3 amide bonds. The zero-order chi connectivity index (χ0) is 27.4. The lowest BCUT2D eigenvalue weighted by Gasteiger charge is -2.30. The maximum atomic E-state index is 13.5. The number of carbonyl (C=O) groups excluding carboxylic acids is 3. The Bertz CT molecular complexity index is 1550. The van der Waals surface area contributed by atoms with Crippen molar-refractivity contribution >= 4 is 40.4 Å². The summed E-state index contributed by atoms with van der Waals surface area (Å²) in [7, 11) is 1.71. The molecule has 9 nitrogen and oxygen atoms in total. The third-order valence-electron chi connectivity index (χ3n) is 6.54. The topological polar surface area (TPSA) is 134 Å². The molecule has 0 bridgehead atoms. The summed E-state index contributed by atoms with van der Waals surface area (Å²) in [6.45, 7) is 3.98. The highest BCUT2D eigenvalue weighted by Gasteiger charge is 2.33. The van der Waals surface area contributed by atoms with Crippen LogP contribution in [0.1, 0.15) is 41.8 Å². The van der Waals surface area contributed by atoms with E-state index < -0.39 is 17.2 Å². The van der Waals surface area contributed by atoms with Crippen molar-refractivity contribution in [1.82, 2.24) is 9.55 Å². The summed E-state index contributed by atoms with van der Waals surface area (Å²) in [6, 6.07) is 23.2. The normalized spacial score (nSPS) is 11.1. The highest BCUT2D eigenvalue weighted by molar-refractivity contribution is 6.05. The van der Waals surface area contributed by atoms with Gasteiger partial charge in [-0.25, -0.2) is 4.98 Å².